The SMILES string of the molecule is CF.CN1CCC(C)(S)CC1.CN1CCC2(CC1)Cc1ccccc1O2.COc1ccc2c(c1)C(O)CC1(CCCN(C)C1)O2. The van der Waals surface area contributed by atoms with Gasteiger partial charge < -0.3 is 34.0 Å². The van der Waals surface area contributed by atoms with Gasteiger partial charge in [-0.3, -0.25) is 4.39 Å². The van der Waals surface area contributed by atoms with Crippen molar-refractivity contribution in [3.63, 3.8) is 0 Å². The number of hydrogen-bond donors (Lipinski definition) is 2. The Morgan fingerprint density at radius 1 is 0.822 bits per heavy atom. The molecular formula is C36H56FN3O4S. The molecule has 7 nitrogen and oxygen atoms in total. The Balaban J connectivity index is 0.000000158. The van der Waals surface area contributed by atoms with Gasteiger partial charge in [0.15, 0.2) is 0 Å². The third-order valence-corrected chi connectivity index (χ3v) is 10.4. The van der Waals surface area contributed by atoms with Gasteiger partial charge in [0.2, 0.25) is 0 Å². The van der Waals surface area contributed by atoms with Crippen LogP contribution < -0.4 is 14.2 Å². The number of hydrogen-bond acceptors (Lipinski definition) is 8. The van der Waals surface area contributed by atoms with E-state index in [0.717, 1.165) is 81.1 Å². The molecule has 0 bridgehead atoms. The summed E-state index contributed by atoms with van der Waals surface area (Å²) >= 11 is 4.53. The highest BCUT2D eigenvalue weighted by Gasteiger charge is 2.43. The average molecular weight is 646 g/mol. The molecule has 2 aromatic rings. The molecule has 45 heavy (non-hydrogen) atoms. The Labute approximate surface area is 276 Å². The summed E-state index contributed by atoms with van der Waals surface area (Å²) in [7, 11) is 8.60. The number of nitrogens with zero attached hydrogens (tertiary/aromatic N) is 3. The van der Waals surface area contributed by atoms with Crippen molar-refractivity contribution in [1.29, 1.82) is 0 Å². The Hall–Kier alpha value is -2.04. The van der Waals surface area contributed by atoms with E-state index in [9.17, 15) is 9.50 Å². The second-order valence-corrected chi connectivity index (χ2v) is 15.0. The Morgan fingerprint density at radius 2 is 1.44 bits per heavy atom. The van der Waals surface area contributed by atoms with Crippen molar-refractivity contribution in [3.8, 4) is 17.2 Å². The third-order valence-electron chi connectivity index (χ3n) is 9.97. The number of ether oxygens (including phenoxy) is 3. The Bertz CT molecular complexity index is 1190. The van der Waals surface area contributed by atoms with Crippen molar-refractivity contribution < 1.29 is 23.7 Å². The number of para-hydroxylation sites is 1. The minimum absolute atomic E-state index is 0.121. The second kappa shape index (κ2) is 15.7. The van der Waals surface area contributed by atoms with Crippen LogP contribution in [-0.2, 0) is 6.42 Å². The fraction of sp³-hybridized carbons (Fsp3) is 0.667. The number of aliphatic hydroxyl groups excluding tert-OH is 1. The molecule has 1 N–H and O–H groups in total. The van der Waals surface area contributed by atoms with Gasteiger partial charge in [0, 0.05) is 55.6 Å². The van der Waals surface area contributed by atoms with Gasteiger partial charge in [-0.15, -0.1) is 0 Å². The molecule has 2 unspecified atom stereocenters. The number of piperidine rings is 3. The molecule has 2 spiro atoms. The van der Waals surface area contributed by atoms with Crippen LogP contribution in [0.25, 0.3) is 0 Å². The molecule has 9 heteroatoms. The smallest absolute Gasteiger partial charge is 0.126 e. The summed E-state index contributed by atoms with van der Waals surface area (Å²) in [4.78, 5) is 7.03. The first-order valence-corrected chi connectivity index (χ1v) is 16.9. The van der Waals surface area contributed by atoms with Gasteiger partial charge in [0.1, 0.15) is 28.5 Å². The lowest BCUT2D eigenvalue weighted by molar-refractivity contribution is -0.0555. The minimum Gasteiger partial charge on any atom is -0.497 e. The number of halogens is 1. The zero-order valence-electron chi connectivity index (χ0n) is 28.4. The van der Waals surface area contributed by atoms with Crippen molar-refractivity contribution in [1.82, 2.24) is 14.7 Å². The van der Waals surface area contributed by atoms with E-state index in [1.165, 1.54) is 31.5 Å². The Kier molecular flexibility index (Phi) is 12.5. The number of aliphatic hydroxyl groups is 1. The number of likely N-dealkylation sites (tertiary alicyclic amines) is 3. The molecule has 5 aliphatic rings. The quantitative estimate of drug-likeness (QED) is 0.367. The standard InChI is InChI=1S/C15H21NO3.C13H17NO.C7H15NS.CH3F/c1-16-7-3-6-15(10-16)9-13(17)12-8-11(18-2)4-5-14(12)19-15;1-14-8-6-13(7-9-14)10-11-4-2-3-5-12(11)15-13;1-7(9)3-5-8(2)6-4-7;1-2/h4-5,8,13,17H,3,6-7,9-10H2,1-2H3;2-5H,6-10H2,1H3;9H,3-6H2,1-2H3;1H3. The number of benzene rings is 2. The number of alkyl halides is 1. The number of rotatable bonds is 1. The topological polar surface area (TPSA) is 57.6 Å². The average Bonchev–Trinajstić information content (AvgIpc) is 3.40. The molecule has 2 aromatic carbocycles. The summed E-state index contributed by atoms with van der Waals surface area (Å²) in [5, 5.41) is 10.4. The predicted molar refractivity (Wildman–Crippen MR) is 184 cm³/mol. The van der Waals surface area contributed by atoms with Gasteiger partial charge in [0.25, 0.3) is 0 Å². The highest BCUT2D eigenvalue weighted by molar-refractivity contribution is 7.81. The normalized spacial score (nSPS) is 26.7. The van der Waals surface area contributed by atoms with E-state index in [1.807, 2.05) is 18.2 Å². The fourth-order valence-corrected chi connectivity index (χ4v) is 7.29. The van der Waals surface area contributed by atoms with Crippen LogP contribution in [-0.4, -0.2) is 110 Å². The summed E-state index contributed by atoms with van der Waals surface area (Å²) in [6.07, 6.45) is 8.23. The molecular weight excluding hydrogens is 589 g/mol. The lowest BCUT2D eigenvalue weighted by Gasteiger charge is -2.45. The van der Waals surface area contributed by atoms with Crippen LogP contribution in [0.5, 0.6) is 17.2 Å². The van der Waals surface area contributed by atoms with E-state index in [4.69, 9.17) is 14.2 Å². The lowest BCUT2D eigenvalue weighted by atomic mass is 9.83. The molecule has 5 aliphatic heterocycles. The van der Waals surface area contributed by atoms with Crippen LogP contribution in [0.2, 0.25) is 0 Å². The molecule has 0 aromatic heterocycles. The monoisotopic (exact) mass is 645 g/mol. The summed E-state index contributed by atoms with van der Waals surface area (Å²) in [6.45, 7) is 8.96. The second-order valence-electron chi connectivity index (χ2n) is 13.9. The maximum Gasteiger partial charge on any atom is 0.126 e. The molecule has 252 valence electrons. The number of likely N-dealkylation sites (N-methyl/N-ethyl adjacent to an activating group) is 1. The summed E-state index contributed by atoms with van der Waals surface area (Å²) in [6, 6.07) is 14.1. The molecule has 3 saturated heterocycles. The zero-order valence-corrected chi connectivity index (χ0v) is 29.3. The molecule has 2 atom stereocenters. The highest BCUT2D eigenvalue weighted by atomic mass is 32.1. The van der Waals surface area contributed by atoms with Crippen LogP contribution in [0.3, 0.4) is 0 Å². The van der Waals surface area contributed by atoms with Crippen molar-refractivity contribution in [2.24, 2.45) is 0 Å². The molecule has 0 amide bonds. The number of methoxy groups -OCH3 is 1. The molecule has 7 rings (SSSR count). The van der Waals surface area contributed by atoms with Gasteiger partial charge in [-0.25, -0.2) is 0 Å². The molecule has 0 aliphatic carbocycles. The first kappa shape index (κ1) is 35.8. The summed E-state index contributed by atoms with van der Waals surface area (Å²) in [5.41, 5.74) is 2.13. The van der Waals surface area contributed by atoms with Crippen molar-refractivity contribution >= 4 is 12.6 Å². The first-order valence-electron chi connectivity index (χ1n) is 16.5. The maximum absolute atomic E-state index is 10.4. The van der Waals surface area contributed by atoms with E-state index >= 15 is 0 Å². The molecule has 0 radical (unpaired) electrons. The van der Waals surface area contributed by atoms with Gasteiger partial charge in [0.05, 0.1) is 20.4 Å². The van der Waals surface area contributed by atoms with Gasteiger partial charge in [-0.05, 0) is 96.3 Å². The highest BCUT2D eigenvalue weighted by Crippen LogP contribution is 2.44. The summed E-state index contributed by atoms with van der Waals surface area (Å²) < 4.78 is 27.4. The fourth-order valence-electron chi connectivity index (χ4n) is 7.09. The van der Waals surface area contributed by atoms with Crippen LogP contribution in [0.15, 0.2) is 42.5 Å². The van der Waals surface area contributed by atoms with Gasteiger partial charge in [-0.1, -0.05) is 25.1 Å². The molecule has 0 saturated carbocycles. The van der Waals surface area contributed by atoms with E-state index in [0.29, 0.717) is 18.3 Å². The van der Waals surface area contributed by atoms with Crippen LogP contribution in [0.4, 0.5) is 4.39 Å². The van der Waals surface area contributed by atoms with Crippen molar-refractivity contribution in [2.45, 2.75) is 80.3 Å². The van der Waals surface area contributed by atoms with E-state index in [2.05, 4.69) is 79.7 Å². The maximum atomic E-state index is 10.4. The molecule has 3 fully saturated rings. The van der Waals surface area contributed by atoms with Crippen molar-refractivity contribution in [2.75, 3.05) is 74.7 Å². The van der Waals surface area contributed by atoms with E-state index in [1.54, 1.807) is 7.11 Å². The minimum atomic E-state index is -0.467. The first-order chi connectivity index (χ1) is 21.5. The van der Waals surface area contributed by atoms with E-state index < -0.39 is 6.10 Å². The molecule has 5 heterocycles. The van der Waals surface area contributed by atoms with Crippen molar-refractivity contribution in [3.05, 3.63) is 53.6 Å². The number of thiol groups is 1. The largest absolute Gasteiger partial charge is 0.497 e. The van der Waals surface area contributed by atoms with Crippen LogP contribution in [0.1, 0.15) is 69.1 Å². The number of fused-ring (bicyclic) bond motifs is 2. The summed E-state index contributed by atoms with van der Waals surface area (Å²) in [5.74, 6) is 2.68. The Morgan fingerprint density at radius 3 is 2.04 bits per heavy atom. The zero-order chi connectivity index (χ0) is 32.7. The van der Waals surface area contributed by atoms with Gasteiger partial charge in [-0.2, -0.15) is 12.6 Å². The van der Waals surface area contributed by atoms with Gasteiger partial charge >= 0.3 is 0 Å². The third kappa shape index (κ3) is 9.50. The lowest BCUT2D eigenvalue weighted by Crippen LogP contribution is -2.52. The predicted octanol–water partition coefficient (Wildman–Crippen LogP) is 6.05. The van der Waals surface area contributed by atoms with Crippen LogP contribution in [0, 0.1) is 0 Å². The van der Waals surface area contributed by atoms with Crippen LogP contribution >= 0.6 is 12.6 Å². The van der Waals surface area contributed by atoms with E-state index in [-0.39, 0.29) is 11.2 Å².